The molecule has 19 heavy (non-hydrogen) atoms. The van der Waals surface area contributed by atoms with E-state index in [4.69, 9.17) is 15.0 Å². The highest BCUT2D eigenvalue weighted by Crippen LogP contribution is 2.37. The molecular formula is C14H15FN2O2. The van der Waals surface area contributed by atoms with Gasteiger partial charge in [-0.3, -0.25) is 0 Å². The number of anilines is 1. The molecule has 2 N–H and O–H groups in total. The maximum absolute atomic E-state index is 13.4. The molecule has 0 saturated carbocycles. The molecule has 1 aliphatic heterocycles. The fourth-order valence-corrected chi connectivity index (χ4v) is 2.50. The summed E-state index contributed by atoms with van der Waals surface area (Å²) in [6, 6.07) is 6.33. The first-order valence-corrected chi connectivity index (χ1v) is 6.34. The van der Waals surface area contributed by atoms with Crippen molar-refractivity contribution in [1.82, 2.24) is 5.16 Å². The van der Waals surface area contributed by atoms with Gasteiger partial charge in [0.2, 0.25) is 5.88 Å². The first-order valence-electron chi connectivity index (χ1n) is 6.34. The van der Waals surface area contributed by atoms with E-state index in [9.17, 15) is 4.39 Å². The van der Waals surface area contributed by atoms with E-state index in [0.717, 1.165) is 18.5 Å². The summed E-state index contributed by atoms with van der Waals surface area (Å²) >= 11 is 0. The van der Waals surface area contributed by atoms with Crippen LogP contribution in [0, 0.1) is 5.82 Å². The fraction of sp³-hybridized carbons (Fsp3) is 0.357. The molecule has 0 spiro atoms. The molecule has 4 nitrogen and oxygen atoms in total. The van der Waals surface area contributed by atoms with Crippen LogP contribution in [0.15, 0.2) is 28.8 Å². The van der Waals surface area contributed by atoms with Gasteiger partial charge in [-0.2, -0.15) is 0 Å². The van der Waals surface area contributed by atoms with Crippen LogP contribution < -0.4 is 5.73 Å². The summed E-state index contributed by atoms with van der Waals surface area (Å²) in [5.41, 5.74) is 8.08. The van der Waals surface area contributed by atoms with Crippen molar-refractivity contribution in [2.45, 2.75) is 18.8 Å². The van der Waals surface area contributed by atoms with Crippen LogP contribution in [-0.2, 0) is 4.74 Å². The van der Waals surface area contributed by atoms with Crippen LogP contribution in [0.1, 0.15) is 24.5 Å². The Hall–Kier alpha value is -1.88. The molecule has 1 aromatic carbocycles. The monoisotopic (exact) mass is 262 g/mol. The van der Waals surface area contributed by atoms with Crippen molar-refractivity contribution in [1.29, 1.82) is 0 Å². The summed E-state index contributed by atoms with van der Waals surface area (Å²) < 4.78 is 23.8. The highest BCUT2D eigenvalue weighted by molar-refractivity contribution is 5.75. The second kappa shape index (κ2) is 5.01. The summed E-state index contributed by atoms with van der Waals surface area (Å²) in [4.78, 5) is 0. The summed E-state index contributed by atoms with van der Waals surface area (Å²) in [5.74, 6) is 0.205. The molecule has 0 unspecified atom stereocenters. The number of nitrogen functional groups attached to an aromatic ring is 1. The Balaban J connectivity index is 2.03. The lowest BCUT2D eigenvalue weighted by Crippen LogP contribution is -2.15. The number of rotatable bonds is 2. The van der Waals surface area contributed by atoms with Crippen molar-refractivity contribution in [3.63, 3.8) is 0 Å². The largest absolute Gasteiger partial charge is 0.381 e. The number of hydrogen-bond donors (Lipinski definition) is 1. The third-order valence-corrected chi connectivity index (χ3v) is 3.47. The lowest BCUT2D eigenvalue weighted by Gasteiger charge is -2.20. The molecule has 1 aromatic heterocycles. The molecule has 0 bridgehead atoms. The van der Waals surface area contributed by atoms with Crippen LogP contribution in [0.2, 0.25) is 0 Å². The number of ether oxygens (including phenoxy) is 1. The minimum Gasteiger partial charge on any atom is -0.381 e. The van der Waals surface area contributed by atoms with E-state index in [0.29, 0.717) is 24.3 Å². The zero-order valence-electron chi connectivity index (χ0n) is 10.4. The molecule has 1 aliphatic rings. The first kappa shape index (κ1) is 12.2. The molecule has 0 atom stereocenters. The van der Waals surface area contributed by atoms with E-state index in [1.54, 1.807) is 6.07 Å². The molecule has 0 aliphatic carbocycles. The van der Waals surface area contributed by atoms with E-state index in [2.05, 4.69) is 5.16 Å². The number of benzene rings is 1. The van der Waals surface area contributed by atoms with Crippen LogP contribution in [0.3, 0.4) is 0 Å². The zero-order chi connectivity index (χ0) is 13.2. The van der Waals surface area contributed by atoms with E-state index < -0.39 is 0 Å². The van der Waals surface area contributed by atoms with Gasteiger partial charge in [0.15, 0.2) is 0 Å². The molecule has 0 amide bonds. The van der Waals surface area contributed by atoms with Gasteiger partial charge in [-0.25, -0.2) is 4.39 Å². The summed E-state index contributed by atoms with van der Waals surface area (Å²) in [7, 11) is 0. The normalized spacial score (nSPS) is 16.7. The Kier molecular flexibility index (Phi) is 3.21. The molecule has 2 heterocycles. The average molecular weight is 262 g/mol. The van der Waals surface area contributed by atoms with Gasteiger partial charge in [-0.1, -0.05) is 17.3 Å². The third kappa shape index (κ3) is 2.33. The van der Waals surface area contributed by atoms with Gasteiger partial charge in [0.1, 0.15) is 5.82 Å². The maximum Gasteiger partial charge on any atom is 0.230 e. The van der Waals surface area contributed by atoms with Gasteiger partial charge in [0.05, 0.1) is 11.3 Å². The minimum absolute atomic E-state index is 0.243. The van der Waals surface area contributed by atoms with E-state index in [-0.39, 0.29) is 17.6 Å². The van der Waals surface area contributed by atoms with Gasteiger partial charge in [-0.15, -0.1) is 0 Å². The number of nitrogens with zero attached hydrogens (tertiary/aromatic N) is 1. The Morgan fingerprint density at radius 3 is 2.79 bits per heavy atom. The zero-order valence-corrected chi connectivity index (χ0v) is 10.4. The molecule has 1 fully saturated rings. The standard InChI is InChI=1S/C14H15FN2O2/c15-11-3-1-2-10(8-11)12-13(17-19-14(12)16)9-4-6-18-7-5-9/h1-3,8-9H,4-7,16H2. The first-order chi connectivity index (χ1) is 9.25. The van der Waals surface area contributed by atoms with Gasteiger partial charge in [0.25, 0.3) is 0 Å². The highest BCUT2D eigenvalue weighted by Gasteiger charge is 2.25. The number of hydrogen-bond acceptors (Lipinski definition) is 4. The lowest BCUT2D eigenvalue weighted by molar-refractivity contribution is 0.0839. The number of halogens is 1. The van der Waals surface area contributed by atoms with Crippen LogP contribution in [0.25, 0.3) is 11.1 Å². The topological polar surface area (TPSA) is 61.3 Å². The Labute approximate surface area is 110 Å². The van der Waals surface area contributed by atoms with Crippen LogP contribution in [0.4, 0.5) is 10.3 Å². The predicted octanol–water partition coefficient (Wildman–Crippen LogP) is 2.96. The van der Waals surface area contributed by atoms with Crippen LogP contribution >= 0.6 is 0 Å². The van der Waals surface area contributed by atoms with E-state index in [1.165, 1.54) is 12.1 Å². The molecule has 5 heteroatoms. The molecule has 0 radical (unpaired) electrons. The number of aromatic nitrogens is 1. The van der Waals surface area contributed by atoms with Crippen LogP contribution in [0.5, 0.6) is 0 Å². The van der Waals surface area contributed by atoms with Crippen molar-refractivity contribution in [2.75, 3.05) is 18.9 Å². The van der Waals surface area contributed by atoms with Gasteiger partial charge in [0, 0.05) is 19.1 Å². The molecule has 3 rings (SSSR count). The highest BCUT2D eigenvalue weighted by atomic mass is 19.1. The average Bonchev–Trinajstić information content (AvgIpc) is 2.82. The summed E-state index contributed by atoms with van der Waals surface area (Å²) in [5, 5.41) is 4.07. The smallest absolute Gasteiger partial charge is 0.230 e. The maximum atomic E-state index is 13.4. The van der Waals surface area contributed by atoms with Crippen molar-refractivity contribution in [3.05, 3.63) is 35.8 Å². The third-order valence-electron chi connectivity index (χ3n) is 3.47. The molecule has 100 valence electrons. The Morgan fingerprint density at radius 1 is 1.26 bits per heavy atom. The minimum atomic E-state index is -0.295. The predicted molar refractivity (Wildman–Crippen MR) is 69.1 cm³/mol. The van der Waals surface area contributed by atoms with Gasteiger partial charge in [-0.05, 0) is 30.5 Å². The quantitative estimate of drug-likeness (QED) is 0.903. The van der Waals surface area contributed by atoms with Crippen molar-refractivity contribution in [2.24, 2.45) is 0 Å². The molecule has 2 aromatic rings. The number of nitrogens with two attached hydrogens (primary N) is 1. The molecule has 1 saturated heterocycles. The van der Waals surface area contributed by atoms with Gasteiger partial charge < -0.3 is 15.0 Å². The van der Waals surface area contributed by atoms with Crippen LogP contribution in [-0.4, -0.2) is 18.4 Å². The van der Waals surface area contributed by atoms with Gasteiger partial charge >= 0.3 is 0 Å². The summed E-state index contributed by atoms with van der Waals surface area (Å²) in [6.45, 7) is 1.42. The Morgan fingerprint density at radius 2 is 2.05 bits per heavy atom. The Bertz CT molecular complexity index is 577. The van der Waals surface area contributed by atoms with E-state index in [1.807, 2.05) is 6.07 Å². The second-order valence-corrected chi connectivity index (χ2v) is 4.70. The van der Waals surface area contributed by atoms with Crippen molar-refractivity contribution in [3.8, 4) is 11.1 Å². The lowest BCUT2D eigenvalue weighted by atomic mass is 9.91. The second-order valence-electron chi connectivity index (χ2n) is 4.70. The fourth-order valence-electron chi connectivity index (χ4n) is 2.50. The van der Waals surface area contributed by atoms with Crippen molar-refractivity contribution >= 4 is 5.88 Å². The van der Waals surface area contributed by atoms with Crippen molar-refractivity contribution < 1.29 is 13.7 Å². The van der Waals surface area contributed by atoms with E-state index >= 15 is 0 Å². The molecular weight excluding hydrogens is 247 g/mol. The summed E-state index contributed by atoms with van der Waals surface area (Å²) in [6.07, 6.45) is 1.77. The SMILES string of the molecule is Nc1onc(C2CCOCC2)c1-c1cccc(F)c1.